The Morgan fingerprint density at radius 3 is 1.94 bits per heavy atom. The third-order valence-corrected chi connectivity index (χ3v) is 3.90. The Morgan fingerprint density at radius 2 is 1.50 bits per heavy atom. The van der Waals surface area contributed by atoms with Gasteiger partial charge >= 0.3 is 0 Å². The highest BCUT2D eigenvalue weighted by Crippen LogP contribution is 2.42. The van der Waals surface area contributed by atoms with Gasteiger partial charge < -0.3 is 0 Å². The lowest BCUT2D eigenvalue weighted by Gasteiger charge is -2.15. The number of rotatable bonds is 4. The van der Waals surface area contributed by atoms with Crippen LogP contribution in [-0.2, 0) is 22.4 Å². The minimum Gasteiger partial charge on any atom is -0.211 e. The lowest BCUT2D eigenvalue weighted by molar-refractivity contribution is 0.564. The van der Waals surface area contributed by atoms with Gasteiger partial charge in [-0.25, -0.2) is 9.59 Å². The summed E-state index contributed by atoms with van der Waals surface area (Å²) in [6.07, 6.45) is 4.46. The van der Waals surface area contributed by atoms with Gasteiger partial charge in [-0.1, -0.05) is 29.8 Å². The van der Waals surface area contributed by atoms with Gasteiger partial charge in [-0.05, 0) is 30.9 Å². The van der Waals surface area contributed by atoms with E-state index >= 15 is 0 Å². The van der Waals surface area contributed by atoms with Crippen molar-refractivity contribution < 1.29 is 9.59 Å². The maximum Gasteiger partial charge on any atom is 0.240 e. The zero-order valence-electron chi connectivity index (χ0n) is 10.5. The number of aliphatic imine (C=N–C) groups is 2. The number of nitrogens with zero attached hydrogens (tertiary/aromatic N) is 2. The van der Waals surface area contributed by atoms with Gasteiger partial charge in [0, 0.05) is 10.0 Å². The van der Waals surface area contributed by atoms with E-state index < -0.39 is 0 Å². The SMILES string of the molecule is CCc1c(Br)c(C)c(N=C=O)c(CC)c1N=C=O. The van der Waals surface area contributed by atoms with Crippen molar-refractivity contribution >= 4 is 39.5 Å². The van der Waals surface area contributed by atoms with E-state index in [0.29, 0.717) is 17.8 Å². The van der Waals surface area contributed by atoms with Crippen molar-refractivity contribution in [2.45, 2.75) is 33.6 Å². The van der Waals surface area contributed by atoms with Crippen molar-refractivity contribution in [3.05, 3.63) is 21.2 Å². The van der Waals surface area contributed by atoms with Crippen molar-refractivity contribution in [2.24, 2.45) is 9.98 Å². The van der Waals surface area contributed by atoms with Crippen LogP contribution in [-0.4, -0.2) is 12.2 Å². The molecule has 0 saturated carbocycles. The second-order valence-corrected chi connectivity index (χ2v) is 4.50. The molecular formula is C13H13BrN2O2. The van der Waals surface area contributed by atoms with Gasteiger partial charge in [-0.3, -0.25) is 0 Å². The fourth-order valence-corrected chi connectivity index (χ4v) is 2.65. The zero-order chi connectivity index (χ0) is 13.7. The van der Waals surface area contributed by atoms with Gasteiger partial charge in [0.25, 0.3) is 0 Å². The molecule has 0 aliphatic carbocycles. The van der Waals surface area contributed by atoms with E-state index in [4.69, 9.17) is 0 Å². The van der Waals surface area contributed by atoms with Crippen LogP contribution in [0.3, 0.4) is 0 Å². The molecule has 0 unspecified atom stereocenters. The fourth-order valence-electron chi connectivity index (χ4n) is 1.99. The van der Waals surface area contributed by atoms with Gasteiger partial charge in [-0.2, -0.15) is 9.98 Å². The summed E-state index contributed by atoms with van der Waals surface area (Å²) in [6, 6.07) is 0. The molecule has 4 nitrogen and oxygen atoms in total. The van der Waals surface area contributed by atoms with Crippen LogP contribution in [0.15, 0.2) is 14.5 Å². The lowest BCUT2D eigenvalue weighted by Crippen LogP contribution is -1.95. The third kappa shape index (κ3) is 2.49. The Hall–Kier alpha value is -1.54. The molecule has 0 atom stereocenters. The van der Waals surface area contributed by atoms with Crippen molar-refractivity contribution in [1.82, 2.24) is 0 Å². The molecule has 0 aliphatic rings. The largest absolute Gasteiger partial charge is 0.240 e. The first kappa shape index (κ1) is 14.5. The molecule has 0 aliphatic heterocycles. The van der Waals surface area contributed by atoms with Crippen molar-refractivity contribution in [1.29, 1.82) is 0 Å². The van der Waals surface area contributed by atoms with E-state index in [9.17, 15) is 9.59 Å². The summed E-state index contributed by atoms with van der Waals surface area (Å²) in [4.78, 5) is 28.6. The maximum absolute atomic E-state index is 10.6. The monoisotopic (exact) mass is 308 g/mol. The third-order valence-electron chi connectivity index (χ3n) is 2.83. The summed E-state index contributed by atoms with van der Waals surface area (Å²) >= 11 is 3.47. The van der Waals surface area contributed by atoms with Gasteiger partial charge in [-0.15, -0.1) is 0 Å². The number of carbonyl (C=O) groups excluding carboxylic acids is 2. The molecule has 0 radical (unpaired) electrons. The lowest BCUT2D eigenvalue weighted by atomic mass is 9.97. The van der Waals surface area contributed by atoms with Crippen LogP contribution in [0.2, 0.25) is 0 Å². The quantitative estimate of drug-likeness (QED) is 0.627. The highest BCUT2D eigenvalue weighted by molar-refractivity contribution is 9.10. The van der Waals surface area contributed by atoms with Gasteiger partial charge in [0.2, 0.25) is 12.2 Å². The molecular weight excluding hydrogens is 296 g/mol. The molecule has 0 saturated heterocycles. The topological polar surface area (TPSA) is 58.9 Å². The molecule has 0 spiro atoms. The minimum absolute atomic E-state index is 0.533. The number of halogens is 1. The molecule has 0 amide bonds. The molecule has 0 aromatic heterocycles. The molecule has 1 aromatic carbocycles. The Morgan fingerprint density at radius 1 is 1.00 bits per heavy atom. The Balaban J connectivity index is 3.86. The summed E-state index contributed by atoms with van der Waals surface area (Å²) in [5.74, 6) is 0. The Kier molecular flexibility index (Phi) is 5.17. The smallest absolute Gasteiger partial charge is 0.211 e. The van der Waals surface area contributed by atoms with Crippen LogP contribution in [0.5, 0.6) is 0 Å². The standard InChI is InChI=1S/C13H13BrN2O2/c1-4-9-11(14)8(3)12(15-6-17)10(5-2)13(9)16-7-18/h4-5H2,1-3H3. The molecule has 18 heavy (non-hydrogen) atoms. The predicted octanol–water partition coefficient (Wildman–Crippen LogP) is 3.82. The molecule has 1 aromatic rings. The highest BCUT2D eigenvalue weighted by Gasteiger charge is 2.18. The van der Waals surface area contributed by atoms with Crippen molar-refractivity contribution in [3.8, 4) is 0 Å². The molecule has 1 rings (SSSR count). The maximum atomic E-state index is 10.6. The van der Waals surface area contributed by atoms with E-state index in [0.717, 1.165) is 27.6 Å². The van der Waals surface area contributed by atoms with Gasteiger partial charge in [0.05, 0.1) is 11.4 Å². The van der Waals surface area contributed by atoms with E-state index in [1.165, 1.54) is 0 Å². The summed E-state index contributed by atoms with van der Waals surface area (Å²) in [5, 5.41) is 0. The molecule has 5 heteroatoms. The number of isocyanates is 2. The normalized spacial score (nSPS) is 9.56. The molecule has 94 valence electrons. The van der Waals surface area contributed by atoms with E-state index in [1.54, 1.807) is 12.2 Å². The van der Waals surface area contributed by atoms with Gasteiger partial charge in [0.15, 0.2) is 0 Å². The summed E-state index contributed by atoms with van der Waals surface area (Å²) in [5.41, 5.74) is 3.65. The Labute approximate surface area is 114 Å². The van der Waals surface area contributed by atoms with Crippen LogP contribution >= 0.6 is 15.9 Å². The van der Waals surface area contributed by atoms with Crippen LogP contribution in [0.25, 0.3) is 0 Å². The summed E-state index contributed by atoms with van der Waals surface area (Å²) in [6.45, 7) is 5.77. The first-order valence-corrected chi connectivity index (χ1v) is 6.41. The molecule has 0 heterocycles. The molecule has 0 bridgehead atoms. The summed E-state index contributed by atoms with van der Waals surface area (Å²) in [7, 11) is 0. The zero-order valence-corrected chi connectivity index (χ0v) is 12.1. The van der Waals surface area contributed by atoms with E-state index in [-0.39, 0.29) is 0 Å². The number of benzene rings is 1. The fraction of sp³-hybridized carbons (Fsp3) is 0.385. The average molecular weight is 309 g/mol. The van der Waals surface area contributed by atoms with E-state index in [2.05, 4.69) is 25.9 Å². The Bertz CT molecular complexity index is 569. The van der Waals surface area contributed by atoms with Crippen molar-refractivity contribution in [2.75, 3.05) is 0 Å². The minimum atomic E-state index is 0.533. The first-order valence-electron chi connectivity index (χ1n) is 5.61. The molecule has 0 fully saturated rings. The summed E-state index contributed by atoms with van der Waals surface area (Å²) < 4.78 is 0.824. The number of hydrogen-bond donors (Lipinski definition) is 0. The predicted molar refractivity (Wildman–Crippen MR) is 73.2 cm³/mol. The van der Waals surface area contributed by atoms with Crippen LogP contribution < -0.4 is 0 Å². The van der Waals surface area contributed by atoms with Crippen LogP contribution in [0.4, 0.5) is 11.4 Å². The average Bonchev–Trinajstić information content (AvgIpc) is 2.37. The first-order chi connectivity index (χ1) is 8.62. The van der Waals surface area contributed by atoms with E-state index in [1.807, 2.05) is 20.8 Å². The van der Waals surface area contributed by atoms with Crippen molar-refractivity contribution in [3.63, 3.8) is 0 Å². The number of hydrogen-bond acceptors (Lipinski definition) is 4. The second kappa shape index (κ2) is 6.41. The molecule has 0 N–H and O–H groups in total. The highest BCUT2D eigenvalue weighted by atomic mass is 79.9. The van der Waals surface area contributed by atoms with Crippen LogP contribution in [0, 0.1) is 6.92 Å². The second-order valence-electron chi connectivity index (χ2n) is 3.71. The van der Waals surface area contributed by atoms with Crippen LogP contribution in [0.1, 0.15) is 30.5 Å². The van der Waals surface area contributed by atoms with Gasteiger partial charge in [0.1, 0.15) is 0 Å².